The second-order valence-corrected chi connectivity index (χ2v) is 5.63. The van der Waals surface area contributed by atoms with Crippen molar-refractivity contribution < 1.29 is 14.6 Å². The van der Waals surface area contributed by atoms with Gasteiger partial charge in [0.15, 0.2) is 0 Å². The van der Waals surface area contributed by atoms with Gasteiger partial charge in [0.05, 0.1) is 13.2 Å². The second kappa shape index (κ2) is 5.44. The number of aromatic hydroxyl groups is 1. The molecule has 2 aliphatic rings. The number of phenols is 1. The summed E-state index contributed by atoms with van der Waals surface area (Å²) in [7, 11) is 1.58. The predicted molar refractivity (Wildman–Crippen MR) is 78.5 cm³/mol. The zero-order chi connectivity index (χ0) is 15.0. The first-order valence-electron chi connectivity index (χ1n) is 7.25. The van der Waals surface area contributed by atoms with Gasteiger partial charge in [-0.15, -0.1) is 0 Å². The van der Waals surface area contributed by atoms with Crippen molar-refractivity contribution in [3.63, 3.8) is 0 Å². The fourth-order valence-electron chi connectivity index (χ4n) is 3.18. The van der Waals surface area contributed by atoms with E-state index in [2.05, 4.69) is 17.1 Å². The summed E-state index contributed by atoms with van der Waals surface area (Å²) in [5.41, 5.74) is 0.890. The van der Waals surface area contributed by atoms with Gasteiger partial charge in [0, 0.05) is 43.9 Å². The molecule has 0 saturated carbocycles. The van der Waals surface area contributed by atoms with Gasteiger partial charge in [0.2, 0.25) is 0 Å². The first-order chi connectivity index (χ1) is 10.1. The monoisotopic (exact) mass is 291 g/mol. The number of carbonyl (C=O) groups is 1. The number of nitrogens with zero attached hydrogens (tertiary/aromatic N) is 2. The molecule has 0 aliphatic carbocycles. The summed E-state index contributed by atoms with van der Waals surface area (Å²) in [6, 6.07) is 5.79. The minimum Gasteiger partial charge on any atom is -0.507 e. The first kappa shape index (κ1) is 14.0. The van der Waals surface area contributed by atoms with Crippen LogP contribution in [-0.2, 0) is 0 Å². The number of carbonyl (C=O) groups excluding carboxylic acids is 1. The quantitative estimate of drug-likeness (QED) is 0.877. The Hall–Kier alpha value is -1.95. The van der Waals surface area contributed by atoms with Gasteiger partial charge < -0.3 is 20.1 Å². The number of ether oxygens (including phenoxy) is 1. The molecule has 2 saturated heterocycles. The van der Waals surface area contributed by atoms with Crippen molar-refractivity contribution in [3.05, 3.63) is 23.8 Å². The molecule has 0 aromatic heterocycles. The maximum atomic E-state index is 11.6. The van der Waals surface area contributed by atoms with Crippen LogP contribution in [-0.4, -0.2) is 60.3 Å². The summed E-state index contributed by atoms with van der Waals surface area (Å²) in [5, 5.41) is 13.1. The van der Waals surface area contributed by atoms with E-state index in [0.29, 0.717) is 12.3 Å². The summed E-state index contributed by atoms with van der Waals surface area (Å²) in [5.74, 6) is 0.906. The third-order valence-corrected chi connectivity index (χ3v) is 4.50. The van der Waals surface area contributed by atoms with Crippen LogP contribution >= 0.6 is 0 Å². The van der Waals surface area contributed by atoms with E-state index in [1.165, 1.54) is 0 Å². The van der Waals surface area contributed by atoms with E-state index in [4.69, 9.17) is 4.74 Å². The number of fused-ring (bicyclic) bond motifs is 1. The van der Waals surface area contributed by atoms with Crippen molar-refractivity contribution in [1.29, 1.82) is 0 Å². The van der Waals surface area contributed by atoms with Crippen LogP contribution in [0.3, 0.4) is 0 Å². The van der Waals surface area contributed by atoms with E-state index in [9.17, 15) is 9.90 Å². The molecule has 2 unspecified atom stereocenters. The number of hydrogen-bond donors (Lipinski definition) is 2. The molecule has 3 rings (SSSR count). The molecule has 0 spiro atoms. The van der Waals surface area contributed by atoms with Gasteiger partial charge in [-0.05, 0) is 13.0 Å². The number of hydrogen-bond acceptors (Lipinski definition) is 4. The number of amides is 2. The number of phenolic OH excluding ortho intramolecular Hbond substituents is 1. The minimum atomic E-state index is 0.0413. The van der Waals surface area contributed by atoms with E-state index in [0.717, 1.165) is 25.2 Å². The molecule has 2 heterocycles. The molecule has 0 radical (unpaired) electrons. The number of urea groups is 1. The Balaban J connectivity index is 1.74. The molecule has 0 bridgehead atoms. The van der Waals surface area contributed by atoms with E-state index in [1.54, 1.807) is 13.2 Å². The van der Waals surface area contributed by atoms with Crippen LogP contribution in [0.1, 0.15) is 18.5 Å². The highest BCUT2D eigenvalue weighted by atomic mass is 16.5. The van der Waals surface area contributed by atoms with Gasteiger partial charge in [-0.1, -0.05) is 6.07 Å². The van der Waals surface area contributed by atoms with Crippen molar-refractivity contribution in [2.24, 2.45) is 0 Å². The van der Waals surface area contributed by atoms with Crippen LogP contribution in [0, 0.1) is 0 Å². The van der Waals surface area contributed by atoms with Crippen LogP contribution in [0.4, 0.5) is 4.79 Å². The maximum absolute atomic E-state index is 11.6. The fraction of sp³-hybridized carbons (Fsp3) is 0.533. The third kappa shape index (κ3) is 2.51. The Labute approximate surface area is 124 Å². The summed E-state index contributed by atoms with van der Waals surface area (Å²) in [4.78, 5) is 15.8. The van der Waals surface area contributed by atoms with Crippen molar-refractivity contribution in [2.45, 2.75) is 19.0 Å². The van der Waals surface area contributed by atoms with Crippen molar-refractivity contribution in [1.82, 2.24) is 15.1 Å². The topological polar surface area (TPSA) is 65.0 Å². The molecular weight excluding hydrogens is 270 g/mol. The summed E-state index contributed by atoms with van der Waals surface area (Å²) in [6.45, 7) is 5.16. The molecule has 21 heavy (non-hydrogen) atoms. The highest BCUT2D eigenvalue weighted by molar-refractivity contribution is 5.77. The van der Waals surface area contributed by atoms with Gasteiger partial charge in [-0.2, -0.15) is 0 Å². The third-order valence-electron chi connectivity index (χ3n) is 4.50. The zero-order valence-corrected chi connectivity index (χ0v) is 12.4. The molecule has 2 fully saturated rings. The summed E-state index contributed by atoms with van der Waals surface area (Å²) < 4.78 is 5.12. The van der Waals surface area contributed by atoms with Crippen molar-refractivity contribution in [2.75, 3.05) is 33.3 Å². The van der Waals surface area contributed by atoms with E-state index in [-0.39, 0.29) is 23.9 Å². The van der Waals surface area contributed by atoms with Gasteiger partial charge >= 0.3 is 6.03 Å². The molecule has 2 atom stereocenters. The lowest BCUT2D eigenvalue weighted by Gasteiger charge is -2.39. The van der Waals surface area contributed by atoms with E-state index < -0.39 is 0 Å². The summed E-state index contributed by atoms with van der Waals surface area (Å²) >= 11 is 0. The minimum absolute atomic E-state index is 0.0413. The highest BCUT2D eigenvalue weighted by Crippen LogP contribution is 2.32. The summed E-state index contributed by atoms with van der Waals surface area (Å²) in [6.07, 6.45) is 0. The molecule has 1 aromatic carbocycles. The molecule has 2 aliphatic heterocycles. The van der Waals surface area contributed by atoms with Gasteiger partial charge in [-0.3, -0.25) is 4.90 Å². The Morgan fingerprint density at radius 1 is 1.43 bits per heavy atom. The van der Waals surface area contributed by atoms with Crippen LogP contribution < -0.4 is 10.1 Å². The Kier molecular flexibility index (Phi) is 3.63. The second-order valence-electron chi connectivity index (χ2n) is 5.63. The predicted octanol–water partition coefficient (Wildman–Crippen LogP) is 1.17. The average molecular weight is 291 g/mol. The molecule has 6 nitrogen and oxygen atoms in total. The van der Waals surface area contributed by atoms with Gasteiger partial charge in [-0.25, -0.2) is 4.79 Å². The SMILES string of the molecule is COc1ccc(C(C)N2CCN3C(=O)NCC3C2)c(O)c1. The van der Waals surface area contributed by atoms with Crippen LogP contribution in [0.25, 0.3) is 0 Å². The van der Waals surface area contributed by atoms with E-state index in [1.807, 2.05) is 17.0 Å². The number of nitrogens with one attached hydrogen (secondary N) is 1. The molecule has 2 N–H and O–H groups in total. The largest absolute Gasteiger partial charge is 0.507 e. The van der Waals surface area contributed by atoms with Crippen molar-refractivity contribution >= 4 is 6.03 Å². The van der Waals surface area contributed by atoms with E-state index >= 15 is 0 Å². The van der Waals surface area contributed by atoms with Gasteiger partial charge in [0.25, 0.3) is 0 Å². The number of methoxy groups -OCH3 is 1. The molecule has 114 valence electrons. The lowest BCUT2D eigenvalue weighted by molar-refractivity contribution is 0.0929. The first-order valence-corrected chi connectivity index (χ1v) is 7.25. The average Bonchev–Trinajstić information content (AvgIpc) is 2.87. The normalized spacial score (nSPS) is 23.6. The highest BCUT2D eigenvalue weighted by Gasteiger charge is 2.37. The lowest BCUT2D eigenvalue weighted by Crippen LogP contribution is -2.52. The Bertz CT molecular complexity index is 549. The molecular formula is C15H21N3O3. The van der Waals surface area contributed by atoms with Crippen LogP contribution in [0.5, 0.6) is 11.5 Å². The molecule has 1 aromatic rings. The van der Waals surface area contributed by atoms with Gasteiger partial charge in [0.1, 0.15) is 11.5 Å². The number of piperazine rings is 1. The maximum Gasteiger partial charge on any atom is 0.317 e. The van der Waals surface area contributed by atoms with Crippen molar-refractivity contribution in [3.8, 4) is 11.5 Å². The van der Waals surface area contributed by atoms with Crippen LogP contribution in [0.15, 0.2) is 18.2 Å². The smallest absolute Gasteiger partial charge is 0.317 e. The van der Waals surface area contributed by atoms with Crippen LogP contribution in [0.2, 0.25) is 0 Å². The number of benzene rings is 1. The number of rotatable bonds is 3. The Morgan fingerprint density at radius 3 is 2.95 bits per heavy atom. The molecule has 6 heteroatoms. The Morgan fingerprint density at radius 2 is 2.24 bits per heavy atom. The lowest BCUT2D eigenvalue weighted by atomic mass is 10.0. The molecule has 2 amide bonds. The standard InChI is InChI=1S/C15H21N3O3/c1-10(13-4-3-12(21-2)7-14(13)19)17-5-6-18-11(9-17)8-16-15(18)20/h3-4,7,10-11,19H,5-6,8-9H2,1-2H3,(H,16,20). The fourth-order valence-corrected chi connectivity index (χ4v) is 3.18. The zero-order valence-electron chi connectivity index (χ0n) is 12.4.